The van der Waals surface area contributed by atoms with E-state index in [0.717, 1.165) is 11.6 Å². The van der Waals surface area contributed by atoms with Crippen LogP contribution < -0.4 is 4.90 Å². The monoisotopic (exact) mass is 419 g/mol. The maximum Gasteiger partial charge on any atom is 0.225 e. The van der Waals surface area contributed by atoms with Crippen LogP contribution in [0.4, 0.5) is 5.82 Å². The lowest BCUT2D eigenvalue weighted by Gasteiger charge is -2.38. The van der Waals surface area contributed by atoms with Gasteiger partial charge < -0.3 is 9.80 Å². The molecule has 2 saturated heterocycles. The molecule has 2 aromatic rings. The molecular formula is C18H25N7O3S. The number of aromatic nitrogens is 4. The van der Waals surface area contributed by atoms with E-state index in [2.05, 4.69) is 19.9 Å². The number of carbonyl (C=O) groups is 1. The fraction of sp³-hybridized carbons (Fsp3) is 0.556. The number of amides is 1. The first-order valence-electron chi connectivity index (χ1n) is 9.71. The Bertz CT molecular complexity index is 948. The molecule has 11 heteroatoms. The predicted octanol–water partition coefficient (Wildman–Crippen LogP) is -0.0175. The molecule has 10 nitrogen and oxygen atoms in total. The minimum Gasteiger partial charge on any atom is -0.353 e. The lowest BCUT2D eigenvalue weighted by Crippen LogP contribution is -2.52. The van der Waals surface area contributed by atoms with Crippen molar-refractivity contribution in [1.29, 1.82) is 0 Å². The van der Waals surface area contributed by atoms with E-state index in [9.17, 15) is 13.2 Å². The molecule has 0 aromatic carbocycles. The van der Waals surface area contributed by atoms with Gasteiger partial charge in [-0.25, -0.2) is 27.7 Å². The van der Waals surface area contributed by atoms with E-state index in [4.69, 9.17) is 0 Å². The summed E-state index contributed by atoms with van der Waals surface area (Å²) in [4.78, 5) is 29.6. The molecular weight excluding hydrogens is 394 g/mol. The molecule has 4 rings (SSSR count). The Morgan fingerprint density at radius 2 is 1.72 bits per heavy atom. The highest BCUT2D eigenvalue weighted by atomic mass is 32.2. The summed E-state index contributed by atoms with van der Waals surface area (Å²) in [5.74, 6) is 1.63. The molecule has 2 fully saturated rings. The summed E-state index contributed by atoms with van der Waals surface area (Å²) in [7, 11) is -3.17. The number of hydrogen-bond donors (Lipinski definition) is 0. The number of hydrogen-bond acceptors (Lipinski definition) is 7. The number of rotatable bonds is 4. The summed E-state index contributed by atoms with van der Waals surface area (Å²) in [5.41, 5.74) is 0. The molecule has 1 amide bonds. The molecule has 0 atom stereocenters. The second-order valence-corrected chi connectivity index (χ2v) is 9.44. The summed E-state index contributed by atoms with van der Waals surface area (Å²) in [6.07, 6.45) is 9.16. The normalized spacial score (nSPS) is 19.5. The number of nitrogens with zero attached hydrogens (tertiary/aromatic N) is 7. The van der Waals surface area contributed by atoms with Crippen molar-refractivity contribution in [2.75, 3.05) is 50.4 Å². The Kier molecular flexibility index (Phi) is 5.50. The first-order valence-corrected chi connectivity index (χ1v) is 11.6. The molecule has 2 aliphatic heterocycles. The van der Waals surface area contributed by atoms with Gasteiger partial charge in [-0.05, 0) is 12.8 Å². The van der Waals surface area contributed by atoms with Crippen LogP contribution in [0.15, 0.2) is 31.1 Å². The molecule has 0 N–H and O–H groups in total. The number of carbonyl (C=O) groups excluding carboxylic acids is 1. The van der Waals surface area contributed by atoms with E-state index in [0.29, 0.717) is 52.1 Å². The van der Waals surface area contributed by atoms with Gasteiger partial charge in [-0.1, -0.05) is 0 Å². The van der Waals surface area contributed by atoms with Crippen LogP contribution in [0.2, 0.25) is 0 Å². The Balaban J connectivity index is 1.33. The van der Waals surface area contributed by atoms with Crippen molar-refractivity contribution in [1.82, 2.24) is 28.7 Å². The van der Waals surface area contributed by atoms with Gasteiger partial charge in [0.25, 0.3) is 0 Å². The maximum atomic E-state index is 12.9. The van der Waals surface area contributed by atoms with Gasteiger partial charge in [-0.3, -0.25) is 9.36 Å². The van der Waals surface area contributed by atoms with Gasteiger partial charge in [-0.2, -0.15) is 0 Å². The lowest BCUT2D eigenvalue weighted by molar-refractivity contribution is -0.137. The van der Waals surface area contributed by atoms with E-state index in [1.807, 2.05) is 21.7 Å². The fourth-order valence-electron chi connectivity index (χ4n) is 3.89. The average molecular weight is 420 g/mol. The number of imidazole rings is 1. The molecule has 29 heavy (non-hydrogen) atoms. The highest BCUT2D eigenvalue weighted by molar-refractivity contribution is 7.88. The smallest absolute Gasteiger partial charge is 0.225 e. The first-order chi connectivity index (χ1) is 13.9. The van der Waals surface area contributed by atoms with Crippen molar-refractivity contribution in [2.45, 2.75) is 12.8 Å². The van der Waals surface area contributed by atoms with Crippen molar-refractivity contribution in [3.8, 4) is 5.82 Å². The zero-order chi connectivity index (χ0) is 20.4. The van der Waals surface area contributed by atoms with E-state index in [1.165, 1.54) is 16.9 Å². The van der Waals surface area contributed by atoms with Crippen LogP contribution in [0.25, 0.3) is 5.82 Å². The summed E-state index contributed by atoms with van der Waals surface area (Å²) in [6.45, 7) is 3.52. The van der Waals surface area contributed by atoms with Crippen LogP contribution in [-0.4, -0.2) is 88.6 Å². The van der Waals surface area contributed by atoms with Gasteiger partial charge in [0.1, 0.15) is 24.3 Å². The van der Waals surface area contributed by atoms with Crippen LogP contribution in [-0.2, 0) is 14.8 Å². The van der Waals surface area contributed by atoms with Gasteiger partial charge in [-0.15, -0.1) is 0 Å². The number of piperidine rings is 1. The third kappa shape index (κ3) is 4.40. The minimum absolute atomic E-state index is 0.0913. The zero-order valence-electron chi connectivity index (χ0n) is 16.4. The van der Waals surface area contributed by atoms with E-state index < -0.39 is 10.0 Å². The third-order valence-electron chi connectivity index (χ3n) is 5.59. The molecule has 0 radical (unpaired) electrons. The highest BCUT2D eigenvalue weighted by Crippen LogP contribution is 2.23. The topological polar surface area (TPSA) is 105 Å². The van der Waals surface area contributed by atoms with Crippen molar-refractivity contribution in [2.24, 2.45) is 5.92 Å². The fourth-order valence-corrected chi connectivity index (χ4v) is 4.77. The van der Waals surface area contributed by atoms with Crippen molar-refractivity contribution in [3.05, 3.63) is 31.1 Å². The molecule has 156 valence electrons. The van der Waals surface area contributed by atoms with Gasteiger partial charge in [0.15, 0.2) is 0 Å². The molecule has 0 saturated carbocycles. The Morgan fingerprint density at radius 3 is 2.34 bits per heavy atom. The molecule has 0 unspecified atom stereocenters. The zero-order valence-corrected chi connectivity index (χ0v) is 17.2. The maximum absolute atomic E-state index is 12.9. The largest absolute Gasteiger partial charge is 0.353 e. The molecule has 4 heterocycles. The van der Waals surface area contributed by atoms with Crippen molar-refractivity contribution < 1.29 is 13.2 Å². The number of sulfonamides is 1. The van der Waals surface area contributed by atoms with Crippen LogP contribution in [0.5, 0.6) is 0 Å². The lowest BCUT2D eigenvalue weighted by atomic mass is 9.96. The summed E-state index contributed by atoms with van der Waals surface area (Å²) < 4.78 is 26.6. The molecule has 0 aliphatic carbocycles. The molecule has 0 spiro atoms. The Labute approximate surface area is 170 Å². The van der Waals surface area contributed by atoms with Crippen LogP contribution >= 0.6 is 0 Å². The van der Waals surface area contributed by atoms with Crippen LogP contribution in [0, 0.1) is 5.92 Å². The molecule has 0 bridgehead atoms. The summed E-state index contributed by atoms with van der Waals surface area (Å²) >= 11 is 0. The quantitative estimate of drug-likeness (QED) is 0.686. The Hall–Kier alpha value is -2.53. The van der Waals surface area contributed by atoms with E-state index in [1.54, 1.807) is 12.5 Å². The van der Waals surface area contributed by atoms with Crippen molar-refractivity contribution in [3.63, 3.8) is 0 Å². The van der Waals surface area contributed by atoms with Gasteiger partial charge in [0, 0.05) is 63.6 Å². The predicted molar refractivity (Wildman–Crippen MR) is 107 cm³/mol. The SMILES string of the molecule is CS(=O)(=O)N1CCC(C(=O)N2CCN(c3cc(-n4ccnc4)ncn3)CC2)CC1. The Morgan fingerprint density at radius 1 is 1.03 bits per heavy atom. The third-order valence-corrected chi connectivity index (χ3v) is 6.90. The molecule has 2 aromatic heterocycles. The number of piperazine rings is 1. The van der Waals surface area contributed by atoms with Crippen molar-refractivity contribution >= 4 is 21.7 Å². The second-order valence-electron chi connectivity index (χ2n) is 7.45. The minimum atomic E-state index is -3.17. The highest BCUT2D eigenvalue weighted by Gasteiger charge is 2.32. The summed E-state index contributed by atoms with van der Waals surface area (Å²) in [5, 5.41) is 0. The molecule has 2 aliphatic rings. The summed E-state index contributed by atoms with van der Waals surface area (Å²) in [6, 6.07) is 1.92. The number of anilines is 1. The average Bonchev–Trinajstić information content (AvgIpc) is 3.28. The van der Waals surface area contributed by atoms with E-state index >= 15 is 0 Å². The standard InChI is InChI=1S/C18H25N7O3S/c1-29(27,28)25-5-2-15(3-6-25)18(26)23-10-8-22(9-11-23)16-12-17(21-13-20-16)24-7-4-19-14-24/h4,7,12-15H,2-3,5-6,8-11H2,1H3. The second kappa shape index (κ2) is 8.07. The van der Waals surface area contributed by atoms with E-state index in [-0.39, 0.29) is 11.8 Å². The van der Waals surface area contributed by atoms with Gasteiger partial charge in [0.2, 0.25) is 15.9 Å². The van der Waals surface area contributed by atoms with Crippen LogP contribution in [0.1, 0.15) is 12.8 Å². The van der Waals surface area contributed by atoms with Gasteiger partial charge in [0.05, 0.1) is 6.26 Å². The first kappa shape index (κ1) is 19.8. The van der Waals surface area contributed by atoms with Crippen LogP contribution in [0.3, 0.4) is 0 Å². The van der Waals surface area contributed by atoms with Gasteiger partial charge >= 0.3 is 0 Å².